The van der Waals surface area contributed by atoms with E-state index in [1.165, 1.54) is 4.90 Å². The fourth-order valence-corrected chi connectivity index (χ4v) is 10.5. The maximum atomic E-state index is 13.9. The van der Waals surface area contributed by atoms with Crippen LogP contribution in [0.1, 0.15) is 19.3 Å². The Morgan fingerprint density at radius 3 is 1.73 bits per heavy atom. The first-order chi connectivity index (χ1) is 19.0. The van der Waals surface area contributed by atoms with E-state index in [2.05, 4.69) is 5.32 Å². The maximum absolute atomic E-state index is 13.9. The molecule has 0 atom stereocenters. The molecular formula is C29H34F3N4O3P. The van der Waals surface area contributed by atoms with Crippen molar-refractivity contribution in [2.24, 2.45) is 5.73 Å². The van der Waals surface area contributed by atoms with Crippen molar-refractivity contribution in [1.82, 2.24) is 10.2 Å². The summed E-state index contributed by atoms with van der Waals surface area (Å²) in [6.45, 7) is -3.96. The summed E-state index contributed by atoms with van der Waals surface area (Å²) in [5.74, 6) is -2.62. The predicted molar refractivity (Wildman–Crippen MR) is 154 cm³/mol. The van der Waals surface area contributed by atoms with Crippen molar-refractivity contribution in [3.05, 3.63) is 91.0 Å². The van der Waals surface area contributed by atoms with Crippen LogP contribution in [0, 0.1) is 5.41 Å². The fourth-order valence-electron chi connectivity index (χ4n) is 4.75. The van der Waals surface area contributed by atoms with Crippen LogP contribution in [0.3, 0.4) is 0 Å². The van der Waals surface area contributed by atoms with E-state index < -0.39 is 19.0 Å². The SMILES string of the molecule is CN(CCC(=O)NCCCCP(OC(=O)C(F)(F)F)(c1ccccc1)(c1ccccc1)c1ccccc1)C(=N)N. The number of unbranched alkanes of at least 4 members (excludes halogenated alkanes) is 1. The van der Waals surface area contributed by atoms with Gasteiger partial charge in [-0.05, 0) is 0 Å². The van der Waals surface area contributed by atoms with Gasteiger partial charge in [0.2, 0.25) is 0 Å². The Bertz CT molecular complexity index is 1190. The van der Waals surface area contributed by atoms with E-state index in [9.17, 15) is 22.8 Å². The number of rotatable bonds is 12. The molecule has 214 valence electrons. The number of nitrogens with zero attached hydrogens (tertiary/aromatic N) is 1. The Balaban J connectivity index is 2.03. The number of amides is 1. The number of benzene rings is 3. The van der Waals surface area contributed by atoms with Gasteiger partial charge in [-0.15, -0.1) is 0 Å². The quantitative estimate of drug-likeness (QED) is 0.133. The molecule has 0 bridgehead atoms. The number of carbonyl (C=O) groups excluding carboxylic acids is 2. The van der Waals surface area contributed by atoms with Gasteiger partial charge in [-0.1, -0.05) is 0 Å². The third-order valence-electron chi connectivity index (χ3n) is 6.84. The van der Waals surface area contributed by atoms with Crippen molar-refractivity contribution < 1.29 is 27.3 Å². The van der Waals surface area contributed by atoms with E-state index in [4.69, 9.17) is 15.7 Å². The van der Waals surface area contributed by atoms with Crippen LogP contribution >= 0.6 is 6.83 Å². The average molecular weight is 575 g/mol. The van der Waals surface area contributed by atoms with Crippen molar-refractivity contribution in [2.45, 2.75) is 25.4 Å². The normalized spacial score (nSPS) is 12.6. The molecule has 11 heteroatoms. The Morgan fingerprint density at radius 1 is 0.875 bits per heavy atom. The summed E-state index contributed by atoms with van der Waals surface area (Å²) in [6.07, 6.45) is -4.18. The summed E-state index contributed by atoms with van der Waals surface area (Å²) >= 11 is 0. The summed E-state index contributed by atoms with van der Waals surface area (Å²) in [7, 11) is 1.61. The summed E-state index contributed by atoms with van der Waals surface area (Å²) in [4.78, 5) is 26.5. The molecule has 0 unspecified atom stereocenters. The molecule has 0 saturated carbocycles. The van der Waals surface area contributed by atoms with Gasteiger partial charge in [0.15, 0.2) is 0 Å². The second kappa shape index (κ2) is 13.0. The number of hydrogen-bond acceptors (Lipinski definition) is 4. The molecule has 3 aromatic carbocycles. The first-order valence-electron chi connectivity index (χ1n) is 12.8. The zero-order chi connectivity index (χ0) is 29.3. The van der Waals surface area contributed by atoms with Crippen molar-refractivity contribution in [1.29, 1.82) is 5.41 Å². The molecular weight excluding hydrogens is 540 g/mol. The number of alkyl halides is 3. The molecule has 7 nitrogen and oxygen atoms in total. The molecule has 4 N–H and O–H groups in total. The number of nitrogens with two attached hydrogens (primary N) is 1. The molecule has 0 spiro atoms. The van der Waals surface area contributed by atoms with Crippen LogP contribution in [0.4, 0.5) is 13.2 Å². The molecule has 1 amide bonds. The Labute approximate surface area is 232 Å². The van der Waals surface area contributed by atoms with E-state index in [-0.39, 0.29) is 37.5 Å². The summed E-state index contributed by atoms with van der Waals surface area (Å²) < 4.78 is 47.6. The van der Waals surface area contributed by atoms with Crippen LogP contribution in [0.25, 0.3) is 0 Å². The van der Waals surface area contributed by atoms with Crippen LogP contribution in [-0.2, 0) is 14.1 Å². The van der Waals surface area contributed by atoms with Crippen LogP contribution in [-0.4, -0.2) is 55.2 Å². The van der Waals surface area contributed by atoms with Crippen LogP contribution in [0.2, 0.25) is 0 Å². The zero-order valence-corrected chi connectivity index (χ0v) is 23.1. The van der Waals surface area contributed by atoms with Gasteiger partial charge in [0.25, 0.3) is 0 Å². The van der Waals surface area contributed by atoms with E-state index in [1.807, 2.05) is 0 Å². The molecule has 0 aromatic heterocycles. The monoisotopic (exact) mass is 574 g/mol. The first-order valence-corrected chi connectivity index (χ1v) is 15.2. The van der Waals surface area contributed by atoms with Gasteiger partial charge < -0.3 is 0 Å². The van der Waals surface area contributed by atoms with Crippen LogP contribution in [0.5, 0.6) is 0 Å². The number of halogens is 3. The number of carbonyl (C=O) groups is 2. The molecule has 40 heavy (non-hydrogen) atoms. The molecule has 0 saturated heterocycles. The summed E-state index contributed by atoms with van der Waals surface area (Å²) in [5, 5.41) is 11.7. The molecule has 0 heterocycles. The van der Waals surface area contributed by atoms with Crippen molar-refractivity contribution >= 4 is 40.6 Å². The van der Waals surface area contributed by atoms with Gasteiger partial charge in [0.1, 0.15) is 0 Å². The summed E-state index contributed by atoms with van der Waals surface area (Å²) in [6, 6.07) is 25.9. The zero-order valence-electron chi connectivity index (χ0n) is 22.2. The number of guanidine groups is 1. The van der Waals surface area contributed by atoms with Gasteiger partial charge >= 0.3 is 232 Å². The van der Waals surface area contributed by atoms with Crippen molar-refractivity contribution in [2.75, 3.05) is 26.3 Å². The Kier molecular flexibility index (Phi) is 9.93. The minimum atomic E-state index is -5.21. The molecule has 0 aliphatic carbocycles. The molecule has 0 aliphatic heterocycles. The van der Waals surface area contributed by atoms with Gasteiger partial charge in [-0.3, -0.25) is 0 Å². The Hall–Kier alpha value is -3.91. The second-order valence-electron chi connectivity index (χ2n) is 9.43. The van der Waals surface area contributed by atoms with Crippen molar-refractivity contribution in [3.8, 4) is 0 Å². The molecule has 3 rings (SSSR count). The molecule has 0 radical (unpaired) electrons. The van der Waals surface area contributed by atoms with Gasteiger partial charge in [-0.25, -0.2) is 0 Å². The minimum absolute atomic E-state index is 0.106. The van der Waals surface area contributed by atoms with E-state index in [0.717, 1.165) is 0 Å². The van der Waals surface area contributed by atoms with Gasteiger partial charge in [0.05, 0.1) is 0 Å². The number of nitrogens with one attached hydrogen (secondary N) is 2. The fraction of sp³-hybridized carbons (Fsp3) is 0.276. The molecule has 0 fully saturated rings. The predicted octanol–water partition coefficient (Wildman–Crippen LogP) is 3.65. The first kappa shape index (κ1) is 30.6. The topological polar surface area (TPSA) is 109 Å². The average Bonchev–Trinajstić information content (AvgIpc) is 2.96. The van der Waals surface area contributed by atoms with Crippen LogP contribution in [0.15, 0.2) is 91.0 Å². The molecule has 0 aliphatic rings. The van der Waals surface area contributed by atoms with E-state index in [1.54, 1.807) is 98.0 Å². The summed E-state index contributed by atoms with van der Waals surface area (Å²) in [5.41, 5.74) is 5.40. The van der Waals surface area contributed by atoms with E-state index >= 15 is 0 Å². The Morgan fingerprint density at radius 2 is 1.32 bits per heavy atom. The van der Waals surface area contributed by atoms with Gasteiger partial charge in [-0.2, -0.15) is 0 Å². The standard InChI is InChI=1S/C29H34F3N4O3P/c1-36(28(33)34)21-19-26(37)35-20-11-12-22-40(23-13-5-2-6-14-23,24-15-7-3-8-16-24,25-17-9-4-10-18-25)39-27(38)29(30,31)32/h2-10,13-18H,11-12,19-22H2,1H3,(H3,33,34)(H,35,37). The third kappa shape index (κ3) is 6.62. The molecule has 3 aromatic rings. The second-order valence-corrected chi connectivity index (χ2v) is 14.0. The van der Waals surface area contributed by atoms with Crippen molar-refractivity contribution in [3.63, 3.8) is 0 Å². The van der Waals surface area contributed by atoms with Crippen LogP contribution < -0.4 is 27.0 Å². The number of hydrogen-bond donors (Lipinski definition) is 3. The third-order valence-corrected chi connectivity index (χ3v) is 12.8. The van der Waals surface area contributed by atoms with Gasteiger partial charge in [0, 0.05) is 0 Å². The van der Waals surface area contributed by atoms with E-state index in [0.29, 0.717) is 28.8 Å².